The SMILES string of the molecule is O=C(O)CCCNCc1ccc(O)c(O)c1O. The second-order valence-electron chi connectivity index (χ2n) is 3.62. The number of hydrogen-bond donors (Lipinski definition) is 5. The van der Waals surface area contributed by atoms with Gasteiger partial charge >= 0.3 is 5.97 Å². The number of rotatable bonds is 6. The van der Waals surface area contributed by atoms with Crippen LogP contribution < -0.4 is 5.32 Å². The minimum Gasteiger partial charge on any atom is -0.504 e. The summed E-state index contributed by atoms with van der Waals surface area (Å²) in [4.78, 5) is 10.2. The van der Waals surface area contributed by atoms with Crippen LogP contribution in [0.5, 0.6) is 17.2 Å². The van der Waals surface area contributed by atoms with Crippen molar-refractivity contribution in [1.82, 2.24) is 5.32 Å². The van der Waals surface area contributed by atoms with Gasteiger partial charge in [-0.25, -0.2) is 0 Å². The fourth-order valence-corrected chi connectivity index (χ4v) is 1.34. The van der Waals surface area contributed by atoms with Crippen molar-refractivity contribution >= 4 is 5.97 Å². The van der Waals surface area contributed by atoms with Gasteiger partial charge in [0.25, 0.3) is 0 Å². The normalized spacial score (nSPS) is 10.4. The van der Waals surface area contributed by atoms with Crippen LogP contribution in [-0.4, -0.2) is 32.9 Å². The summed E-state index contributed by atoms with van der Waals surface area (Å²) in [5.74, 6) is -2.14. The summed E-state index contributed by atoms with van der Waals surface area (Å²) in [6.07, 6.45) is 0.569. The lowest BCUT2D eigenvalue weighted by molar-refractivity contribution is -0.137. The van der Waals surface area contributed by atoms with E-state index in [1.165, 1.54) is 12.1 Å². The lowest BCUT2D eigenvalue weighted by atomic mass is 10.1. The van der Waals surface area contributed by atoms with E-state index in [-0.39, 0.29) is 17.9 Å². The molecule has 0 aromatic heterocycles. The van der Waals surface area contributed by atoms with Crippen molar-refractivity contribution in [1.29, 1.82) is 0 Å². The molecule has 0 spiro atoms. The number of carboxylic acids is 1. The Balaban J connectivity index is 2.42. The Kier molecular flexibility index (Phi) is 4.59. The number of benzene rings is 1. The van der Waals surface area contributed by atoms with Crippen LogP contribution in [0.25, 0.3) is 0 Å². The number of nitrogens with one attached hydrogen (secondary N) is 1. The number of aliphatic carboxylic acids is 1. The van der Waals surface area contributed by atoms with Crippen LogP contribution in [-0.2, 0) is 11.3 Å². The second kappa shape index (κ2) is 5.95. The van der Waals surface area contributed by atoms with E-state index in [4.69, 9.17) is 10.2 Å². The summed E-state index contributed by atoms with van der Waals surface area (Å²) in [5.41, 5.74) is 0.440. The zero-order valence-electron chi connectivity index (χ0n) is 9.18. The molecule has 0 saturated carbocycles. The summed E-state index contributed by atoms with van der Waals surface area (Å²) < 4.78 is 0. The van der Waals surface area contributed by atoms with E-state index in [0.29, 0.717) is 25.1 Å². The minimum atomic E-state index is -0.850. The summed E-state index contributed by atoms with van der Waals surface area (Å²) in [7, 11) is 0. The maximum atomic E-state index is 10.2. The predicted molar refractivity (Wildman–Crippen MR) is 60.0 cm³/mol. The highest BCUT2D eigenvalue weighted by Gasteiger charge is 2.10. The minimum absolute atomic E-state index is 0.0831. The van der Waals surface area contributed by atoms with Gasteiger partial charge in [0.05, 0.1) is 0 Å². The molecule has 5 N–H and O–H groups in total. The molecule has 0 atom stereocenters. The highest BCUT2D eigenvalue weighted by atomic mass is 16.4. The quantitative estimate of drug-likeness (QED) is 0.371. The number of phenols is 3. The Labute approximate surface area is 98.1 Å². The summed E-state index contributed by atoms with van der Waals surface area (Å²) in [5, 5.41) is 39.2. The second-order valence-corrected chi connectivity index (χ2v) is 3.62. The van der Waals surface area contributed by atoms with Gasteiger partial charge in [0.2, 0.25) is 5.75 Å². The molecule has 0 saturated heterocycles. The third-order valence-electron chi connectivity index (χ3n) is 2.27. The number of carbonyl (C=O) groups is 1. The van der Waals surface area contributed by atoms with Crippen LogP contribution in [0.2, 0.25) is 0 Å². The molecule has 0 bridgehead atoms. The van der Waals surface area contributed by atoms with Crippen molar-refractivity contribution < 1.29 is 25.2 Å². The molecular weight excluding hydrogens is 226 g/mol. The van der Waals surface area contributed by atoms with Crippen LogP contribution in [0, 0.1) is 0 Å². The first-order valence-electron chi connectivity index (χ1n) is 5.17. The van der Waals surface area contributed by atoms with E-state index in [0.717, 1.165) is 0 Å². The zero-order valence-corrected chi connectivity index (χ0v) is 9.18. The summed E-state index contributed by atoms with van der Waals surface area (Å²) in [6.45, 7) is 0.784. The Morgan fingerprint density at radius 3 is 2.53 bits per heavy atom. The van der Waals surface area contributed by atoms with Crippen molar-refractivity contribution in [2.45, 2.75) is 19.4 Å². The summed E-state index contributed by atoms with van der Waals surface area (Å²) in [6, 6.07) is 2.76. The average molecular weight is 241 g/mol. The molecule has 94 valence electrons. The first-order valence-corrected chi connectivity index (χ1v) is 5.17. The number of carboxylic acid groups (broad SMARTS) is 1. The fourth-order valence-electron chi connectivity index (χ4n) is 1.34. The van der Waals surface area contributed by atoms with Gasteiger partial charge in [-0.05, 0) is 19.0 Å². The molecular formula is C11H15NO5. The van der Waals surface area contributed by atoms with Gasteiger partial charge < -0.3 is 25.7 Å². The third-order valence-corrected chi connectivity index (χ3v) is 2.27. The van der Waals surface area contributed by atoms with Gasteiger partial charge in [0.1, 0.15) is 0 Å². The van der Waals surface area contributed by atoms with E-state index >= 15 is 0 Å². The predicted octanol–water partition coefficient (Wildman–Crippen LogP) is 0.758. The van der Waals surface area contributed by atoms with Gasteiger partial charge in [0, 0.05) is 18.5 Å². The highest BCUT2D eigenvalue weighted by molar-refractivity contribution is 5.66. The average Bonchev–Trinajstić information content (AvgIpc) is 2.28. The van der Waals surface area contributed by atoms with Gasteiger partial charge in [-0.1, -0.05) is 6.07 Å². The highest BCUT2D eigenvalue weighted by Crippen LogP contribution is 2.36. The van der Waals surface area contributed by atoms with E-state index in [2.05, 4.69) is 5.32 Å². The zero-order chi connectivity index (χ0) is 12.8. The number of hydrogen-bond acceptors (Lipinski definition) is 5. The van der Waals surface area contributed by atoms with Crippen LogP contribution in [0.1, 0.15) is 18.4 Å². The molecule has 0 unspecified atom stereocenters. The van der Waals surface area contributed by atoms with Gasteiger partial charge in [-0.2, -0.15) is 0 Å². The van der Waals surface area contributed by atoms with E-state index < -0.39 is 11.7 Å². The van der Waals surface area contributed by atoms with E-state index in [1.54, 1.807) is 0 Å². The van der Waals surface area contributed by atoms with E-state index in [1.807, 2.05) is 0 Å². The van der Waals surface area contributed by atoms with Crippen molar-refractivity contribution in [2.75, 3.05) is 6.54 Å². The molecule has 0 heterocycles. The molecule has 6 nitrogen and oxygen atoms in total. The number of phenolic OH excluding ortho intramolecular Hbond substituents is 3. The molecule has 1 aromatic rings. The van der Waals surface area contributed by atoms with Crippen LogP contribution in [0.15, 0.2) is 12.1 Å². The maximum Gasteiger partial charge on any atom is 0.303 e. The van der Waals surface area contributed by atoms with Crippen LogP contribution in [0.4, 0.5) is 0 Å². The molecule has 1 aromatic carbocycles. The van der Waals surface area contributed by atoms with Crippen LogP contribution in [0.3, 0.4) is 0 Å². The Morgan fingerprint density at radius 1 is 1.18 bits per heavy atom. The molecule has 0 fully saturated rings. The summed E-state index contributed by atoms with van der Waals surface area (Å²) >= 11 is 0. The van der Waals surface area contributed by atoms with Gasteiger partial charge in [-0.15, -0.1) is 0 Å². The molecule has 17 heavy (non-hydrogen) atoms. The van der Waals surface area contributed by atoms with Crippen molar-refractivity contribution in [3.05, 3.63) is 17.7 Å². The first-order chi connectivity index (χ1) is 8.02. The smallest absolute Gasteiger partial charge is 0.303 e. The maximum absolute atomic E-state index is 10.2. The Hall–Kier alpha value is -1.95. The fraction of sp³-hybridized carbons (Fsp3) is 0.364. The molecule has 0 aliphatic carbocycles. The molecule has 0 aliphatic rings. The van der Waals surface area contributed by atoms with Crippen molar-refractivity contribution in [2.24, 2.45) is 0 Å². The number of aromatic hydroxyl groups is 3. The standard InChI is InChI=1S/C11H15NO5/c13-8-4-3-7(10(16)11(8)17)6-12-5-1-2-9(14)15/h3-4,12-13,16-17H,1-2,5-6H2,(H,14,15). The molecule has 1 rings (SSSR count). The van der Waals surface area contributed by atoms with E-state index in [9.17, 15) is 15.0 Å². The Bertz CT molecular complexity index is 405. The lowest BCUT2D eigenvalue weighted by Gasteiger charge is -2.08. The van der Waals surface area contributed by atoms with Gasteiger partial charge in [0.15, 0.2) is 11.5 Å². The van der Waals surface area contributed by atoms with Gasteiger partial charge in [-0.3, -0.25) is 4.79 Å². The third kappa shape index (κ3) is 3.84. The molecule has 6 heteroatoms. The monoisotopic (exact) mass is 241 g/mol. The first kappa shape index (κ1) is 13.1. The Morgan fingerprint density at radius 2 is 1.88 bits per heavy atom. The largest absolute Gasteiger partial charge is 0.504 e. The van der Waals surface area contributed by atoms with Crippen molar-refractivity contribution in [3.63, 3.8) is 0 Å². The molecule has 0 amide bonds. The topological polar surface area (TPSA) is 110 Å². The molecule has 0 radical (unpaired) electrons. The molecule has 0 aliphatic heterocycles. The van der Waals surface area contributed by atoms with Crippen molar-refractivity contribution in [3.8, 4) is 17.2 Å². The lowest BCUT2D eigenvalue weighted by Crippen LogP contribution is -2.15. The van der Waals surface area contributed by atoms with Crippen LogP contribution >= 0.6 is 0 Å².